The lowest BCUT2D eigenvalue weighted by Gasteiger charge is -2.22. The highest BCUT2D eigenvalue weighted by atomic mass is 35.5. The van der Waals surface area contributed by atoms with E-state index in [1.807, 2.05) is 0 Å². The highest BCUT2D eigenvalue weighted by Gasteiger charge is 2.50. The molecule has 4 unspecified atom stereocenters. The molecule has 0 bridgehead atoms. The number of aliphatic hydroxyl groups is 2. The Kier molecular flexibility index (Phi) is 5.06. The number of ether oxygens (including phenoxy) is 3. The lowest BCUT2D eigenvalue weighted by molar-refractivity contribution is -0.142. The maximum Gasteiger partial charge on any atom is 0.306 e. The van der Waals surface area contributed by atoms with Crippen molar-refractivity contribution in [1.29, 1.82) is 0 Å². The highest BCUT2D eigenvalue weighted by Crippen LogP contribution is 2.38. The van der Waals surface area contributed by atoms with E-state index in [1.54, 1.807) is 24.3 Å². The number of rotatable bonds is 6. The number of halogens is 1. The van der Waals surface area contributed by atoms with Crippen LogP contribution in [0.25, 0.3) is 0 Å². The molecule has 1 saturated carbocycles. The molecule has 5 atom stereocenters. The average molecular weight is 343 g/mol. The highest BCUT2D eigenvalue weighted by molar-refractivity contribution is 6.30. The fourth-order valence-corrected chi connectivity index (χ4v) is 3.27. The molecule has 0 amide bonds. The second-order valence-corrected chi connectivity index (χ2v) is 6.36. The Labute approximate surface area is 138 Å². The van der Waals surface area contributed by atoms with Crippen LogP contribution in [0.2, 0.25) is 5.02 Å². The molecule has 23 heavy (non-hydrogen) atoms. The Balaban J connectivity index is 1.45. The third kappa shape index (κ3) is 3.95. The van der Waals surface area contributed by atoms with Crippen molar-refractivity contribution in [2.45, 2.75) is 37.3 Å². The van der Waals surface area contributed by atoms with Crippen LogP contribution in [-0.4, -0.2) is 53.8 Å². The molecule has 1 aliphatic heterocycles. The van der Waals surface area contributed by atoms with E-state index >= 15 is 0 Å². The maximum absolute atomic E-state index is 11.3. The Hall–Kier alpha value is -1.34. The Morgan fingerprint density at radius 2 is 2.22 bits per heavy atom. The number of hydrogen-bond donors (Lipinski definition) is 2. The van der Waals surface area contributed by atoms with E-state index in [0.29, 0.717) is 17.2 Å². The van der Waals surface area contributed by atoms with Gasteiger partial charge in [-0.15, -0.1) is 0 Å². The molecule has 1 aromatic carbocycles. The molecular formula is C16H19ClO6. The van der Waals surface area contributed by atoms with Crippen molar-refractivity contribution >= 4 is 17.6 Å². The van der Waals surface area contributed by atoms with Crippen molar-refractivity contribution in [3.63, 3.8) is 0 Å². The minimum absolute atomic E-state index is 0.0136. The quantitative estimate of drug-likeness (QED) is 0.755. The van der Waals surface area contributed by atoms with Gasteiger partial charge in [-0.2, -0.15) is 0 Å². The number of carbonyl (C=O) groups excluding carboxylic acids is 1. The minimum Gasteiger partial charge on any atom is -0.491 e. The number of aliphatic hydroxyl groups excluding tert-OH is 2. The summed E-state index contributed by atoms with van der Waals surface area (Å²) in [4.78, 5) is 11.3. The number of fused-ring (bicyclic) bond motifs is 1. The predicted octanol–water partition coefficient (Wildman–Crippen LogP) is 1.16. The van der Waals surface area contributed by atoms with Gasteiger partial charge in [-0.3, -0.25) is 4.79 Å². The third-order valence-corrected chi connectivity index (χ3v) is 4.39. The maximum atomic E-state index is 11.3. The summed E-state index contributed by atoms with van der Waals surface area (Å²) in [5, 5.41) is 20.5. The standard InChI is InChI=1S/C16H19ClO6/c17-9-2-1-3-11(4-9)21-7-10(18)8-22-16-12-5-15(20)23-14(12)6-13(16)19/h1-4,10,12-14,16,18-19H,5-8H2/t10?,12-,13?,14?,16?/m1/s1. The number of hydrogen-bond acceptors (Lipinski definition) is 6. The van der Waals surface area contributed by atoms with Crippen molar-refractivity contribution in [3.05, 3.63) is 29.3 Å². The molecular weight excluding hydrogens is 324 g/mol. The molecule has 2 N–H and O–H groups in total. The van der Waals surface area contributed by atoms with Gasteiger partial charge in [0.15, 0.2) is 0 Å². The molecule has 2 fully saturated rings. The summed E-state index contributed by atoms with van der Waals surface area (Å²) in [6.45, 7) is 0.0619. The SMILES string of the molecule is O=C1C[C@@H]2C(CC(O)C2OCC(O)COc2cccc(Cl)c2)O1. The van der Waals surface area contributed by atoms with Crippen LogP contribution in [0.5, 0.6) is 5.75 Å². The van der Waals surface area contributed by atoms with Gasteiger partial charge in [-0.1, -0.05) is 17.7 Å². The van der Waals surface area contributed by atoms with Gasteiger partial charge < -0.3 is 24.4 Å². The van der Waals surface area contributed by atoms with Gasteiger partial charge in [0.1, 0.15) is 24.6 Å². The van der Waals surface area contributed by atoms with Crippen molar-refractivity contribution in [1.82, 2.24) is 0 Å². The Morgan fingerprint density at radius 1 is 1.39 bits per heavy atom. The summed E-state index contributed by atoms with van der Waals surface area (Å²) >= 11 is 5.85. The van der Waals surface area contributed by atoms with Crippen LogP contribution in [0.1, 0.15) is 12.8 Å². The second kappa shape index (κ2) is 7.05. The molecule has 1 aliphatic carbocycles. The van der Waals surface area contributed by atoms with E-state index in [9.17, 15) is 15.0 Å². The molecule has 3 rings (SSSR count). The smallest absolute Gasteiger partial charge is 0.306 e. The first-order valence-electron chi connectivity index (χ1n) is 7.58. The molecule has 0 radical (unpaired) electrons. The van der Waals surface area contributed by atoms with E-state index in [4.69, 9.17) is 25.8 Å². The first-order chi connectivity index (χ1) is 11.0. The van der Waals surface area contributed by atoms with Gasteiger partial charge in [-0.05, 0) is 18.2 Å². The van der Waals surface area contributed by atoms with E-state index in [2.05, 4.69) is 0 Å². The van der Waals surface area contributed by atoms with Gasteiger partial charge in [-0.25, -0.2) is 0 Å². The van der Waals surface area contributed by atoms with Crippen LogP contribution in [0.15, 0.2) is 24.3 Å². The van der Waals surface area contributed by atoms with E-state index in [1.165, 1.54) is 0 Å². The second-order valence-electron chi connectivity index (χ2n) is 5.92. The van der Waals surface area contributed by atoms with Crippen LogP contribution >= 0.6 is 11.6 Å². The first kappa shape index (κ1) is 16.5. The molecule has 126 valence electrons. The van der Waals surface area contributed by atoms with Crippen molar-refractivity contribution < 1.29 is 29.2 Å². The molecule has 1 saturated heterocycles. The van der Waals surface area contributed by atoms with Gasteiger partial charge in [0.05, 0.1) is 25.2 Å². The molecule has 0 spiro atoms. The minimum atomic E-state index is -0.849. The largest absolute Gasteiger partial charge is 0.491 e. The van der Waals surface area contributed by atoms with Crippen LogP contribution in [0.3, 0.4) is 0 Å². The van der Waals surface area contributed by atoms with E-state index in [-0.39, 0.29) is 37.6 Å². The summed E-state index contributed by atoms with van der Waals surface area (Å²) < 4.78 is 16.2. The number of benzene rings is 1. The zero-order valence-corrected chi connectivity index (χ0v) is 13.2. The van der Waals surface area contributed by atoms with Gasteiger partial charge in [0.25, 0.3) is 0 Å². The normalized spacial score (nSPS) is 30.8. The van der Waals surface area contributed by atoms with Crippen LogP contribution in [0, 0.1) is 5.92 Å². The van der Waals surface area contributed by atoms with Crippen molar-refractivity contribution in [2.24, 2.45) is 5.92 Å². The van der Waals surface area contributed by atoms with Crippen LogP contribution in [0.4, 0.5) is 0 Å². The average Bonchev–Trinajstić information content (AvgIpc) is 2.98. The fraction of sp³-hybridized carbons (Fsp3) is 0.562. The lowest BCUT2D eigenvalue weighted by Crippen LogP contribution is -2.34. The fourth-order valence-electron chi connectivity index (χ4n) is 3.09. The Morgan fingerprint density at radius 3 is 3.00 bits per heavy atom. The van der Waals surface area contributed by atoms with Crippen molar-refractivity contribution in [2.75, 3.05) is 13.2 Å². The van der Waals surface area contributed by atoms with Gasteiger partial charge in [0.2, 0.25) is 0 Å². The number of carbonyl (C=O) groups is 1. The Bertz CT molecular complexity index is 565. The molecule has 6 nitrogen and oxygen atoms in total. The molecule has 1 aromatic rings. The third-order valence-electron chi connectivity index (χ3n) is 4.16. The first-order valence-corrected chi connectivity index (χ1v) is 7.96. The van der Waals surface area contributed by atoms with Crippen LogP contribution in [-0.2, 0) is 14.3 Å². The number of esters is 1. The van der Waals surface area contributed by atoms with Gasteiger partial charge >= 0.3 is 5.97 Å². The van der Waals surface area contributed by atoms with E-state index < -0.39 is 18.3 Å². The summed E-state index contributed by atoms with van der Waals surface area (Å²) in [5.41, 5.74) is 0. The summed E-state index contributed by atoms with van der Waals surface area (Å²) in [7, 11) is 0. The zero-order valence-electron chi connectivity index (χ0n) is 12.4. The molecule has 2 aliphatic rings. The van der Waals surface area contributed by atoms with Crippen molar-refractivity contribution in [3.8, 4) is 5.75 Å². The van der Waals surface area contributed by atoms with Crippen LogP contribution < -0.4 is 4.74 Å². The topological polar surface area (TPSA) is 85.2 Å². The summed E-state index contributed by atoms with van der Waals surface area (Å²) in [5.74, 6) is 0.163. The van der Waals surface area contributed by atoms with Gasteiger partial charge in [0, 0.05) is 17.4 Å². The molecule has 7 heteroatoms. The summed E-state index contributed by atoms with van der Waals surface area (Å²) in [6.07, 6.45) is -1.66. The lowest BCUT2D eigenvalue weighted by atomic mass is 10.0. The molecule has 0 aromatic heterocycles. The predicted molar refractivity (Wildman–Crippen MR) is 81.3 cm³/mol. The molecule has 1 heterocycles. The van der Waals surface area contributed by atoms with E-state index in [0.717, 1.165) is 0 Å². The summed E-state index contributed by atoms with van der Waals surface area (Å²) in [6, 6.07) is 6.89. The zero-order chi connectivity index (χ0) is 16.4. The monoisotopic (exact) mass is 342 g/mol.